The molecule has 1 atom stereocenters. The van der Waals surface area contributed by atoms with E-state index in [-0.39, 0.29) is 5.09 Å². The van der Waals surface area contributed by atoms with Gasteiger partial charge in [-0.2, -0.15) is 0 Å². The van der Waals surface area contributed by atoms with Gasteiger partial charge in [-0.15, -0.1) is 0 Å². The first-order valence-electron chi connectivity index (χ1n) is 7.53. The minimum absolute atomic E-state index is 0.179. The Labute approximate surface area is 126 Å². The zero-order valence-corrected chi connectivity index (χ0v) is 13.4. The van der Waals surface area contributed by atoms with Crippen molar-refractivity contribution in [3.05, 3.63) is 17.9 Å². The fourth-order valence-electron chi connectivity index (χ4n) is 2.71. The van der Waals surface area contributed by atoms with Crippen LogP contribution < -0.4 is 10.5 Å². The van der Waals surface area contributed by atoms with Crippen LogP contribution >= 0.6 is 0 Å². The Morgan fingerprint density at radius 1 is 1.43 bits per heavy atom. The fourth-order valence-corrected chi connectivity index (χ4v) is 3.20. The van der Waals surface area contributed by atoms with E-state index in [4.69, 9.17) is 9.56 Å². The zero-order valence-electron chi connectivity index (χ0n) is 12.5. The van der Waals surface area contributed by atoms with Gasteiger partial charge in [0.15, 0.2) is 0 Å². The quantitative estimate of drug-likeness (QED) is 0.740. The van der Waals surface area contributed by atoms with Gasteiger partial charge in [0.2, 0.25) is 5.09 Å². The molecule has 0 bridgehead atoms. The van der Waals surface area contributed by atoms with Crippen LogP contribution in [0.3, 0.4) is 0 Å². The second-order valence-electron chi connectivity index (χ2n) is 5.68. The first kappa shape index (κ1) is 16.5. The van der Waals surface area contributed by atoms with E-state index in [1.54, 1.807) is 6.07 Å². The van der Waals surface area contributed by atoms with E-state index in [1.165, 1.54) is 31.9 Å². The number of likely N-dealkylation sites (tertiary alicyclic amines) is 1. The molecule has 0 saturated carbocycles. The molecular formula is C14H25N3O3S. The fraction of sp³-hybridized carbons (Fsp3) is 0.714. The van der Waals surface area contributed by atoms with Crippen LogP contribution in [-0.2, 0) is 16.6 Å². The molecule has 2 rings (SSSR count). The molecule has 1 fully saturated rings. The van der Waals surface area contributed by atoms with Crippen molar-refractivity contribution in [2.75, 3.05) is 19.6 Å². The van der Waals surface area contributed by atoms with E-state index < -0.39 is 10.0 Å². The molecule has 0 radical (unpaired) electrons. The second kappa shape index (κ2) is 7.40. The van der Waals surface area contributed by atoms with Gasteiger partial charge in [-0.05, 0) is 58.0 Å². The monoisotopic (exact) mass is 315 g/mol. The molecule has 1 aromatic rings. The normalized spacial score (nSPS) is 20.8. The molecule has 0 amide bonds. The van der Waals surface area contributed by atoms with Crippen molar-refractivity contribution in [3.63, 3.8) is 0 Å². The Hall–Kier alpha value is -0.890. The summed E-state index contributed by atoms with van der Waals surface area (Å²) in [4.78, 5) is 2.54. The van der Waals surface area contributed by atoms with Gasteiger partial charge in [0.25, 0.3) is 10.0 Å². The summed E-state index contributed by atoms with van der Waals surface area (Å²) in [6.07, 6.45) is 5.03. The first-order chi connectivity index (χ1) is 9.97. The number of rotatable bonds is 7. The summed E-state index contributed by atoms with van der Waals surface area (Å²) in [6, 6.07) is 3.72. The van der Waals surface area contributed by atoms with Crippen molar-refractivity contribution in [1.82, 2.24) is 10.2 Å². The average Bonchev–Trinajstić information content (AvgIpc) is 2.89. The molecule has 6 nitrogen and oxygen atoms in total. The predicted octanol–water partition coefficient (Wildman–Crippen LogP) is 1.28. The highest BCUT2D eigenvalue weighted by molar-refractivity contribution is 7.89. The summed E-state index contributed by atoms with van der Waals surface area (Å²) in [7, 11) is -3.74. The number of hydrogen-bond acceptors (Lipinski definition) is 5. The Balaban J connectivity index is 1.64. The van der Waals surface area contributed by atoms with Crippen molar-refractivity contribution >= 4 is 10.0 Å². The van der Waals surface area contributed by atoms with Crippen molar-refractivity contribution in [1.29, 1.82) is 0 Å². The second-order valence-corrected chi connectivity index (χ2v) is 7.17. The molecule has 21 heavy (non-hydrogen) atoms. The van der Waals surface area contributed by atoms with Crippen molar-refractivity contribution < 1.29 is 12.8 Å². The van der Waals surface area contributed by atoms with Gasteiger partial charge in [-0.25, -0.2) is 13.6 Å². The van der Waals surface area contributed by atoms with Crippen LogP contribution in [0.25, 0.3) is 0 Å². The van der Waals surface area contributed by atoms with Gasteiger partial charge in [0.05, 0.1) is 6.54 Å². The number of hydrogen-bond donors (Lipinski definition) is 2. The summed E-state index contributed by atoms with van der Waals surface area (Å²) >= 11 is 0. The largest absolute Gasteiger partial charge is 0.447 e. The number of sulfonamides is 1. The summed E-state index contributed by atoms with van der Waals surface area (Å²) in [5, 5.41) is 8.08. The summed E-state index contributed by atoms with van der Waals surface area (Å²) in [5.74, 6) is 0.588. The lowest BCUT2D eigenvalue weighted by molar-refractivity contribution is 0.158. The van der Waals surface area contributed by atoms with Crippen LogP contribution in [0, 0.1) is 0 Å². The van der Waals surface area contributed by atoms with Gasteiger partial charge in [0, 0.05) is 6.04 Å². The Morgan fingerprint density at radius 2 is 2.24 bits per heavy atom. The smallest absolute Gasteiger partial charge is 0.271 e. The number of piperidine rings is 1. The third-order valence-electron chi connectivity index (χ3n) is 3.96. The topological polar surface area (TPSA) is 88.6 Å². The van der Waals surface area contributed by atoms with E-state index in [9.17, 15) is 8.42 Å². The Bertz CT molecular complexity index is 541. The van der Waals surface area contributed by atoms with Crippen LogP contribution in [-0.4, -0.2) is 39.0 Å². The highest BCUT2D eigenvalue weighted by Crippen LogP contribution is 2.16. The standard InChI is InChI=1S/C14H25N3O3S/c1-12-5-2-3-9-17(12)10-4-8-16-11-13-6-7-14(20-13)21(15,18)19/h6-7,12,16H,2-5,8-11H2,1H3,(H2,15,18,19). The average molecular weight is 315 g/mol. The molecule has 3 N–H and O–H groups in total. The van der Waals surface area contributed by atoms with Gasteiger partial charge < -0.3 is 14.6 Å². The van der Waals surface area contributed by atoms with Crippen LogP contribution in [0.1, 0.15) is 38.4 Å². The maximum absolute atomic E-state index is 11.1. The van der Waals surface area contributed by atoms with Gasteiger partial charge in [-0.1, -0.05) is 6.42 Å². The molecule has 0 aliphatic carbocycles. The minimum atomic E-state index is -3.74. The molecule has 0 aromatic carbocycles. The highest BCUT2D eigenvalue weighted by Gasteiger charge is 2.17. The molecule has 7 heteroatoms. The van der Waals surface area contributed by atoms with Gasteiger partial charge in [0.1, 0.15) is 5.76 Å². The third kappa shape index (κ3) is 5.10. The highest BCUT2D eigenvalue weighted by atomic mass is 32.2. The molecule has 1 unspecified atom stereocenters. The van der Waals surface area contributed by atoms with Gasteiger partial charge >= 0.3 is 0 Å². The van der Waals surface area contributed by atoms with Gasteiger partial charge in [-0.3, -0.25) is 0 Å². The van der Waals surface area contributed by atoms with E-state index in [1.807, 2.05) is 0 Å². The van der Waals surface area contributed by atoms with Crippen molar-refractivity contribution in [2.45, 2.75) is 50.3 Å². The molecule has 120 valence electrons. The molecule has 1 aromatic heterocycles. The maximum atomic E-state index is 11.1. The van der Waals surface area contributed by atoms with Crippen molar-refractivity contribution in [3.8, 4) is 0 Å². The SMILES string of the molecule is CC1CCCCN1CCCNCc1ccc(S(N)(=O)=O)o1. The zero-order chi connectivity index (χ0) is 15.3. The van der Waals surface area contributed by atoms with E-state index in [0.29, 0.717) is 18.3 Å². The molecule has 2 heterocycles. The number of nitrogens with two attached hydrogens (primary N) is 1. The summed E-state index contributed by atoms with van der Waals surface area (Å²) in [5.41, 5.74) is 0. The molecule has 1 aliphatic rings. The number of primary sulfonamides is 1. The lowest BCUT2D eigenvalue weighted by Crippen LogP contribution is -2.38. The number of nitrogens with one attached hydrogen (secondary N) is 1. The third-order valence-corrected chi connectivity index (χ3v) is 4.74. The lowest BCUT2D eigenvalue weighted by atomic mass is 10.0. The molecule has 1 saturated heterocycles. The molecular weight excluding hydrogens is 290 g/mol. The Morgan fingerprint density at radius 3 is 2.90 bits per heavy atom. The predicted molar refractivity (Wildman–Crippen MR) is 81.3 cm³/mol. The number of nitrogens with zero attached hydrogens (tertiary/aromatic N) is 1. The summed E-state index contributed by atoms with van der Waals surface area (Å²) < 4.78 is 27.3. The number of furan rings is 1. The first-order valence-corrected chi connectivity index (χ1v) is 9.08. The summed E-state index contributed by atoms with van der Waals surface area (Å²) in [6.45, 7) is 6.01. The molecule has 0 spiro atoms. The minimum Gasteiger partial charge on any atom is -0.447 e. The lowest BCUT2D eigenvalue weighted by Gasteiger charge is -2.33. The van der Waals surface area contributed by atoms with E-state index >= 15 is 0 Å². The van der Waals surface area contributed by atoms with E-state index in [0.717, 1.165) is 19.5 Å². The van der Waals surface area contributed by atoms with E-state index in [2.05, 4.69) is 17.1 Å². The molecule has 1 aliphatic heterocycles. The Kier molecular flexibility index (Phi) is 5.80. The van der Waals surface area contributed by atoms with Crippen LogP contribution in [0.15, 0.2) is 21.6 Å². The van der Waals surface area contributed by atoms with Crippen LogP contribution in [0.5, 0.6) is 0 Å². The maximum Gasteiger partial charge on any atom is 0.271 e. The van der Waals surface area contributed by atoms with Crippen LogP contribution in [0.4, 0.5) is 0 Å². The van der Waals surface area contributed by atoms with Crippen LogP contribution in [0.2, 0.25) is 0 Å². The van der Waals surface area contributed by atoms with Crippen molar-refractivity contribution in [2.24, 2.45) is 5.14 Å².